The van der Waals surface area contributed by atoms with Gasteiger partial charge >= 0.3 is 6.18 Å². The van der Waals surface area contributed by atoms with Gasteiger partial charge in [0.1, 0.15) is 0 Å². The number of hydrogen-bond donors (Lipinski definition) is 1. The average Bonchev–Trinajstić information content (AvgIpc) is 2.45. The van der Waals surface area contributed by atoms with Crippen molar-refractivity contribution in [3.05, 3.63) is 64.2 Å². The van der Waals surface area contributed by atoms with E-state index in [9.17, 15) is 21.6 Å². The quantitative estimate of drug-likeness (QED) is 0.655. The largest absolute Gasteiger partial charge is 0.416 e. The highest BCUT2D eigenvalue weighted by Gasteiger charge is 2.29. The van der Waals surface area contributed by atoms with Gasteiger partial charge in [0.05, 0.1) is 16.7 Å². The van der Waals surface area contributed by atoms with Crippen LogP contribution in [0.15, 0.2) is 46.4 Å². The van der Waals surface area contributed by atoms with Gasteiger partial charge in [-0.15, -0.1) is 0 Å². The Hall–Kier alpha value is -2.35. The molecule has 0 spiro atoms. The van der Waals surface area contributed by atoms with E-state index in [1.54, 1.807) is 26.0 Å². The molecule has 0 aliphatic rings. The number of alkyl halides is 3. The third-order valence-electron chi connectivity index (χ3n) is 3.50. The zero-order chi connectivity index (χ0) is 18.8. The van der Waals surface area contributed by atoms with E-state index < -0.39 is 21.8 Å². The van der Waals surface area contributed by atoms with Crippen molar-refractivity contribution in [2.45, 2.75) is 31.8 Å². The van der Waals surface area contributed by atoms with Crippen molar-refractivity contribution >= 4 is 16.2 Å². The number of sulfonamides is 1. The third kappa shape index (κ3) is 4.60. The Morgan fingerprint density at radius 3 is 2.00 bits per heavy atom. The lowest BCUT2D eigenvalue weighted by Gasteiger charge is -2.11. The van der Waals surface area contributed by atoms with E-state index in [0.29, 0.717) is 16.7 Å². The zero-order valence-electron chi connectivity index (χ0n) is 13.8. The second-order valence-electron chi connectivity index (χ2n) is 5.70. The topological polar surface area (TPSA) is 58.5 Å². The van der Waals surface area contributed by atoms with Gasteiger partial charge in [0.15, 0.2) is 0 Å². The standard InChI is InChI=1S/C17H17F3N2O2S/c1-11-8-12(2)16(13(3)9-11)25(23,24)22-21-10-14-4-6-15(7-5-14)17(18,19)20/h4-10,22H,1-3H3/b21-10+. The average molecular weight is 370 g/mol. The van der Waals surface area contributed by atoms with E-state index in [0.717, 1.165) is 23.9 Å². The van der Waals surface area contributed by atoms with Crippen LogP contribution >= 0.6 is 0 Å². The van der Waals surface area contributed by atoms with Crippen molar-refractivity contribution in [1.29, 1.82) is 0 Å². The minimum absolute atomic E-state index is 0.141. The van der Waals surface area contributed by atoms with Crippen LogP contribution in [-0.2, 0) is 16.2 Å². The molecule has 0 heterocycles. The van der Waals surface area contributed by atoms with Gasteiger partial charge < -0.3 is 0 Å². The zero-order valence-corrected chi connectivity index (χ0v) is 14.7. The molecule has 2 aromatic carbocycles. The molecule has 0 aliphatic heterocycles. The van der Waals surface area contributed by atoms with Gasteiger partial charge in [-0.1, -0.05) is 29.8 Å². The maximum Gasteiger partial charge on any atom is 0.416 e. The van der Waals surface area contributed by atoms with Crippen molar-refractivity contribution in [2.24, 2.45) is 5.10 Å². The Morgan fingerprint density at radius 1 is 1.00 bits per heavy atom. The predicted molar refractivity (Wildman–Crippen MR) is 90.0 cm³/mol. The summed E-state index contributed by atoms with van der Waals surface area (Å²) in [6.45, 7) is 5.24. The molecule has 0 saturated carbocycles. The van der Waals surface area contributed by atoms with Crippen LogP contribution in [0.3, 0.4) is 0 Å². The molecule has 0 atom stereocenters. The second kappa shape index (κ2) is 6.87. The molecule has 2 aromatic rings. The van der Waals surface area contributed by atoms with E-state index in [1.807, 2.05) is 6.92 Å². The molecule has 0 fully saturated rings. The summed E-state index contributed by atoms with van der Waals surface area (Å²) >= 11 is 0. The van der Waals surface area contributed by atoms with Crippen molar-refractivity contribution in [3.63, 3.8) is 0 Å². The van der Waals surface area contributed by atoms with Crippen LogP contribution in [0.5, 0.6) is 0 Å². The lowest BCUT2D eigenvalue weighted by atomic mass is 10.1. The van der Waals surface area contributed by atoms with Crippen LogP contribution in [0.25, 0.3) is 0 Å². The first-order valence-electron chi connectivity index (χ1n) is 7.31. The number of nitrogens with one attached hydrogen (secondary N) is 1. The third-order valence-corrected chi connectivity index (χ3v) is 5.03. The minimum atomic E-state index is -4.42. The Labute approximate surface area is 144 Å². The van der Waals surface area contributed by atoms with E-state index in [4.69, 9.17) is 0 Å². The highest BCUT2D eigenvalue weighted by Crippen LogP contribution is 2.28. The molecule has 0 aromatic heterocycles. The highest BCUT2D eigenvalue weighted by atomic mass is 32.2. The van der Waals surface area contributed by atoms with Crippen LogP contribution in [0.4, 0.5) is 13.2 Å². The first kappa shape index (κ1) is 19.0. The van der Waals surface area contributed by atoms with Crippen LogP contribution in [0, 0.1) is 20.8 Å². The van der Waals surface area contributed by atoms with Gasteiger partial charge in [-0.2, -0.15) is 26.7 Å². The molecule has 1 N–H and O–H groups in total. The summed E-state index contributed by atoms with van der Waals surface area (Å²) in [5.41, 5.74) is 1.69. The van der Waals surface area contributed by atoms with Gasteiger partial charge in [-0.3, -0.25) is 0 Å². The number of rotatable bonds is 4. The van der Waals surface area contributed by atoms with Gasteiger partial charge in [0.25, 0.3) is 10.0 Å². The molecule has 0 amide bonds. The molecule has 134 valence electrons. The molecular weight excluding hydrogens is 353 g/mol. The molecule has 25 heavy (non-hydrogen) atoms. The minimum Gasteiger partial charge on any atom is -0.200 e. The summed E-state index contributed by atoms with van der Waals surface area (Å²) in [5.74, 6) is 0. The molecule has 0 unspecified atom stereocenters. The summed E-state index contributed by atoms with van der Waals surface area (Å²) in [4.78, 5) is 2.23. The smallest absolute Gasteiger partial charge is 0.200 e. The van der Waals surface area contributed by atoms with Gasteiger partial charge in [0, 0.05) is 0 Å². The number of hydrogen-bond acceptors (Lipinski definition) is 3. The van der Waals surface area contributed by atoms with Crippen LogP contribution in [0.1, 0.15) is 27.8 Å². The molecule has 4 nitrogen and oxygen atoms in total. The fraction of sp³-hybridized carbons (Fsp3) is 0.235. The van der Waals surface area contributed by atoms with E-state index in [-0.39, 0.29) is 4.90 Å². The van der Waals surface area contributed by atoms with Crippen molar-refractivity contribution < 1.29 is 21.6 Å². The number of aryl methyl sites for hydroxylation is 3. The molecule has 0 saturated heterocycles. The Bertz CT molecular complexity index is 879. The number of hydrazone groups is 1. The fourth-order valence-electron chi connectivity index (χ4n) is 2.56. The summed E-state index contributed by atoms with van der Waals surface area (Å²) in [6, 6.07) is 7.74. The summed E-state index contributed by atoms with van der Waals surface area (Å²) in [5, 5.41) is 3.64. The molecule has 0 aliphatic carbocycles. The molecule has 2 rings (SSSR count). The van der Waals surface area contributed by atoms with Crippen LogP contribution in [-0.4, -0.2) is 14.6 Å². The lowest BCUT2D eigenvalue weighted by molar-refractivity contribution is -0.137. The maximum atomic E-state index is 12.5. The van der Waals surface area contributed by atoms with Crippen molar-refractivity contribution in [3.8, 4) is 0 Å². The van der Waals surface area contributed by atoms with Crippen molar-refractivity contribution in [1.82, 2.24) is 4.83 Å². The highest BCUT2D eigenvalue weighted by molar-refractivity contribution is 7.89. The Morgan fingerprint density at radius 2 is 1.52 bits per heavy atom. The number of nitrogens with zero attached hydrogens (tertiary/aromatic N) is 1. The fourth-order valence-corrected chi connectivity index (χ4v) is 3.81. The first-order chi connectivity index (χ1) is 11.5. The van der Waals surface area contributed by atoms with Crippen molar-refractivity contribution in [2.75, 3.05) is 0 Å². The van der Waals surface area contributed by atoms with E-state index >= 15 is 0 Å². The maximum absolute atomic E-state index is 12.5. The number of benzene rings is 2. The Kier molecular flexibility index (Phi) is 5.22. The first-order valence-corrected chi connectivity index (χ1v) is 8.79. The van der Waals surface area contributed by atoms with Gasteiger partial charge in [0.2, 0.25) is 0 Å². The SMILES string of the molecule is Cc1cc(C)c(S(=O)(=O)N/N=C/c2ccc(C(F)(F)F)cc2)c(C)c1. The number of halogens is 3. The molecule has 8 heteroatoms. The van der Waals surface area contributed by atoms with Crippen LogP contribution in [0.2, 0.25) is 0 Å². The van der Waals surface area contributed by atoms with Gasteiger partial charge in [-0.25, -0.2) is 4.83 Å². The lowest BCUT2D eigenvalue weighted by Crippen LogP contribution is -2.20. The van der Waals surface area contributed by atoms with Crippen LogP contribution < -0.4 is 4.83 Å². The summed E-state index contributed by atoms with van der Waals surface area (Å²) in [6.07, 6.45) is -3.27. The van der Waals surface area contributed by atoms with Gasteiger partial charge in [-0.05, 0) is 49.6 Å². The normalized spacial score (nSPS) is 12.6. The van der Waals surface area contributed by atoms with E-state index in [1.165, 1.54) is 12.1 Å². The predicted octanol–water partition coefficient (Wildman–Crippen LogP) is 3.94. The second-order valence-corrected chi connectivity index (χ2v) is 7.30. The molecule has 0 bridgehead atoms. The Balaban J connectivity index is 2.19. The molecule has 0 radical (unpaired) electrons. The van der Waals surface area contributed by atoms with E-state index in [2.05, 4.69) is 9.93 Å². The monoisotopic (exact) mass is 370 g/mol. The summed E-state index contributed by atoms with van der Waals surface area (Å²) < 4.78 is 62.3. The summed E-state index contributed by atoms with van der Waals surface area (Å²) in [7, 11) is -3.87. The molecular formula is C17H17F3N2O2S.